The number of nitrogens with zero attached hydrogens (tertiary/aromatic N) is 2. The molecule has 0 unspecified atom stereocenters. The van der Waals surface area contributed by atoms with Crippen molar-refractivity contribution in [3.63, 3.8) is 0 Å². The molecular formula is C10H17N3. The van der Waals surface area contributed by atoms with Crippen molar-refractivity contribution in [1.82, 2.24) is 15.1 Å². The van der Waals surface area contributed by atoms with Crippen LogP contribution in [0, 0.1) is 0 Å². The van der Waals surface area contributed by atoms with E-state index in [1.165, 1.54) is 17.0 Å². The molecule has 0 saturated heterocycles. The fourth-order valence-electron chi connectivity index (χ4n) is 2.04. The molecule has 0 spiro atoms. The summed E-state index contributed by atoms with van der Waals surface area (Å²) in [6, 6.07) is 0. The molecule has 0 aliphatic carbocycles. The fourth-order valence-corrected chi connectivity index (χ4v) is 2.04. The summed E-state index contributed by atoms with van der Waals surface area (Å²) >= 11 is 0. The second kappa shape index (κ2) is 3.50. The van der Waals surface area contributed by atoms with Gasteiger partial charge in [-0.2, -0.15) is 5.10 Å². The van der Waals surface area contributed by atoms with E-state index in [4.69, 9.17) is 0 Å². The lowest BCUT2D eigenvalue weighted by molar-refractivity contribution is 0.571. The van der Waals surface area contributed by atoms with Crippen LogP contribution in [0.4, 0.5) is 0 Å². The SMILES string of the molecule is CCc1nn(CC)c2c1CNCC2. The van der Waals surface area contributed by atoms with Crippen molar-refractivity contribution in [2.45, 2.75) is 39.8 Å². The van der Waals surface area contributed by atoms with Crippen LogP contribution in [0.1, 0.15) is 30.8 Å². The molecule has 0 fully saturated rings. The van der Waals surface area contributed by atoms with Gasteiger partial charge in [0.05, 0.1) is 5.69 Å². The zero-order chi connectivity index (χ0) is 9.26. The van der Waals surface area contributed by atoms with E-state index in [0.29, 0.717) is 0 Å². The maximum absolute atomic E-state index is 4.61. The van der Waals surface area contributed by atoms with Crippen LogP contribution in [0.25, 0.3) is 0 Å². The van der Waals surface area contributed by atoms with Crippen LogP contribution in [-0.2, 0) is 25.9 Å². The number of aromatic nitrogens is 2. The standard InChI is InChI=1S/C10H17N3/c1-3-9-8-7-11-6-5-10(8)13(4-2)12-9/h11H,3-7H2,1-2H3. The van der Waals surface area contributed by atoms with E-state index >= 15 is 0 Å². The normalized spacial score (nSPS) is 15.8. The molecule has 3 heteroatoms. The van der Waals surface area contributed by atoms with Gasteiger partial charge in [0.2, 0.25) is 0 Å². The van der Waals surface area contributed by atoms with Crippen molar-refractivity contribution in [2.75, 3.05) is 6.54 Å². The third kappa shape index (κ3) is 1.37. The van der Waals surface area contributed by atoms with Gasteiger partial charge >= 0.3 is 0 Å². The molecule has 3 nitrogen and oxygen atoms in total. The highest BCUT2D eigenvalue weighted by Crippen LogP contribution is 2.18. The Kier molecular flexibility index (Phi) is 2.36. The maximum atomic E-state index is 4.61. The highest BCUT2D eigenvalue weighted by atomic mass is 15.3. The average molecular weight is 179 g/mol. The number of nitrogens with one attached hydrogen (secondary N) is 1. The molecule has 0 amide bonds. The van der Waals surface area contributed by atoms with E-state index in [9.17, 15) is 0 Å². The van der Waals surface area contributed by atoms with Crippen LogP contribution in [0.15, 0.2) is 0 Å². The first kappa shape index (κ1) is 8.75. The van der Waals surface area contributed by atoms with Crippen molar-refractivity contribution in [3.8, 4) is 0 Å². The lowest BCUT2D eigenvalue weighted by Crippen LogP contribution is -2.25. The molecule has 1 aliphatic rings. The van der Waals surface area contributed by atoms with Gasteiger partial charge in [0.1, 0.15) is 0 Å². The average Bonchev–Trinajstić information content (AvgIpc) is 2.56. The maximum Gasteiger partial charge on any atom is 0.0669 e. The van der Waals surface area contributed by atoms with Gasteiger partial charge in [0, 0.05) is 37.3 Å². The van der Waals surface area contributed by atoms with Crippen LogP contribution in [-0.4, -0.2) is 16.3 Å². The molecule has 1 aliphatic heterocycles. The van der Waals surface area contributed by atoms with Gasteiger partial charge in [-0.15, -0.1) is 0 Å². The van der Waals surface area contributed by atoms with Crippen molar-refractivity contribution in [1.29, 1.82) is 0 Å². The summed E-state index contributed by atoms with van der Waals surface area (Å²) in [6.07, 6.45) is 2.19. The van der Waals surface area contributed by atoms with E-state index in [1.54, 1.807) is 0 Å². The van der Waals surface area contributed by atoms with Crippen LogP contribution in [0.3, 0.4) is 0 Å². The molecule has 1 N–H and O–H groups in total. The number of rotatable bonds is 2. The molecule has 0 radical (unpaired) electrons. The smallest absolute Gasteiger partial charge is 0.0669 e. The molecule has 13 heavy (non-hydrogen) atoms. The van der Waals surface area contributed by atoms with Crippen LogP contribution in [0.2, 0.25) is 0 Å². The first-order valence-corrected chi connectivity index (χ1v) is 5.15. The Morgan fingerprint density at radius 2 is 2.31 bits per heavy atom. The van der Waals surface area contributed by atoms with Gasteiger partial charge in [0.25, 0.3) is 0 Å². The molecule has 0 atom stereocenters. The Labute approximate surface area is 79.1 Å². The first-order chi connectivity index (χ1) is 6.36. The van der Waals surface area contributed by atoms with E-state index in [0.717, 1.165) is 32.5 Å². The lowest BCUT2D eigenvalue weighted by Gasteiger charge is -2.14. The van der Waals surface area contributed by atoms with Crippen molar-refractivity contribution < 1.29 is 0 Å². The van der Waals surface area contributed by atoms with Gasteiger partial charge < -0.3 is 5.32 Å². The Morgan fingerprint density at radius 3 is 3.00 bits per heavy atom. The fraction of sp³-hybridized carbons (Fsp3) is 0.700. The minimum Gasteiger partial charge on any atom is -0.312 e. The van der Waals surface area contributed by atoms with E-state index < -0.39 is 0 Å². The van der Waals surface area contributed by atoms with Crippen LogP contribution >= 0.6 is 0 Å². The summed E-state index contributed by atoms with van der Waals surface area (Å²) in [5, 5.41) is 8.01. The molecule has 2 rings (SSSR count). The Balaban J connectivity index is 2.44. The molecule has 1 aromatic rings. The van der Waals surface area contributed by atoms with Gasteiger partial charge in [-0.3, -0.25) is 4.68 Å². The number of fused-ring (bicyclic) bond motifs is 1. The monoisotopic (exact) mass is 179 g/mol. The molecule has 2 heterocycles. The highest BCUT2D eigenvalue weighted by Gasteiger charge is 2.18. The third-order valence-electron chi connectivity index (χ3n) is 2.72. The zero-order valence-corrected chi connectivity index (χ0v) is 8.43. The molecule has 72 valence electrons. The summed E-state index contributed by atoms with van der Waals surface area (Å²) in [4.78, 5) is 0. The Bertz CT molecular complexity index is 273. The highest BCUT2D eigenvalue weighted by molar-refractivity contribution is 5.28. The number of aryl methyl sites for hydroxylation is 2. The molecule has 0 saturated carbocycles. The van der Waals surface area contributed by atoms with Gasteiger partial charge in [-0.05, 0) is 13.3 Å². The predicted octanol–water partition coefficient (Wildman–Crippen LogP) is 1.11. The second-order valence-corrected chi connectivity index (χ2v) is 3.47. The summed E-state index contributed by atoms with van der Waals surface area (Å²) in [6.45, 7) is 7.45. The summed E-state index contributed by atoms with van der Waals surface area (Å²) in [5.41, 5.74) is 4.19. The Hall–Kier alpha value is -0.830. The van der Waals surface area contributed by atoms with E-state index in [2.05, 4.69) is 28.9 Å². The first-order valence-electron chi connectivity index (χ1n) is 5.15. The summed E-state index contributed by atoms with van der Waals surface area (Å²) < 4.78 is 2.16. The zero-order valence-electron chi connectivity index (χ0n) is 8.43. The predicted molar refractivity (Wildman–Crippen MR) is 52.7 cm³/mol. The molecule has 0 bridgehead atoms. The molecular weight excluding hydrogens is 162 g/mol. The molecule has 1 aromatic heterocycles. The van der Waals surface area contributed by atoms with Crippen molar-refractivity contribution >= 4 is 0 Å². The topological polar surface area (TPSA) is 29.9 Å². The van der Waals surface area contributed by atoms with E-state index in [1.807, 2.05) is 0 Å². The second-order valence-electron chi connectivity index (χ2n) is 3.47. The van der Waals surface area contributed by atoms with Crippen LogP contribution in [0.5, 0.6) is 0 Å². The summed E-state index contributed by atoms with van der Waals surface area (Å²) in [5.74, 6) is 0. The number of hydrogen-bond acceptors (Lipinski definition) is 2. The van der Waals surface area contributed by atoms with Crippen molar-refractivity contribution in [3.05, 3.63) is 17.0 Å². The van der Waals surface area contributed by atoms with Crippen LogP contribution < -0.4 is 5.32 Å². The third-order valence-corrected chi connectivity index (χ3v) is 2.72. The van der Waals surface area contributed by atoms with E-state index in [-0.39, 0.29) is 0 Å². The Morgan fingerprint density at radius 1 is 1.46 bits per heavy atom. The summed E-state index contributed by atoms with van der Waals surface area (Å²) in [7, 11) is 0. The number of hydrogen-bond donors (Lipinski definition) is 1. The molecule has 0 aromatic carbocycles. The van der Waals surface area contributed by atoms with Gasteiger partial charge in [-0.25, -0.2) is 0 Å². The minimum absolute atomic E-state index is 1.00. The van der Waals surface area contributed by atoms with Gasteiger partial charge in [0.15, 0.2) is 0 Å². The minimum atomic E-state index is 1.00. The lowest BCUT2D eigenvalue weighted by atomic mass is 10.1. The quantitative estimate of drug-likeness (QED) is 0.737. The van der Waals surface area contributed by atoms with Crippen molar-refractivity contribution in [2.24, 2.45) is 0 Å². The largest absolute Gasteiger partial charge is 0.312 e. The van der Waals surface area contributed by atoms with Gasteiger partial charge in [-0.1, -0.05) is 6.92 Å².